The van der Waals surface area contributed by atoms with Crippen LogP contribution in [0.4, 0.5) is 0 Å². The Bertz CT molecular complexity index is 689. The van der Waals surface area contributed by atoms with E-state index in [0.717, 1.165) is 17.7 Å². The molecular formula is C20H27N3O4. The molecule has 0 aliphatic carbocycles. The van der Waals surface area contributed by atoms with Gasteiger partial charge in [0.25, 0.3) is 0 Å². The third-order valence-electron chi connectivity index (χ3n) is 5.30. The maximum absolute atomic E-state index is 12.8. The molecule has 7 heteroatoms. The van der Waals surface area contributed by atoms with Gasteiger partial charge >= 0.3 is 0 Å². The van der Waals surface area contributed by atoms with Gasteiger partial charge < -0.3 is 19.9 Å². The predicted octanol–water partition coefficient (Wildman–Crippen LogP) is 0.825. The SMILES string of the molecule is COc1ccc(CCN2CC(C(=O)N3CCNC(=O)CC3)CCC2=O)cc1. The first-order valence-corrected chi connectivity index (χ1v) is 9.53. The van der Waals surface area contributed by atoms with Crippen molar-refractivity contribution in [1.82, 2.24) is 15.1 Å². The minimum Gasteiger partial charge on any atom is -0.497 e. The van der Waals surface area contributed by atoms with Crippen molar-refractivity contribution in [2.24, 2.45) is 5.92 Å². The molecule has 1 aromatic carbocycles. The molecule has 1 N–H and O–H groups in total. The highest BCUT2D eigenvalue weighted by molar-refractivity contribution is 5.85. The Morgan fingerprint density at radius 1 is 1.19 bits per heavy atom. The van der Waals surface area contributed by atoms with E-state index in [1.54, 1.807) is 16.9 Å². The molecule has 3 rings (SSSR count). The summed E-state index contributed by atoms with van der Waals surface area (Å²) in [6, 6.07) is 7.82. The summed E-state index contributed by atoms with van der Waals surface area (Å²) < 4.78 is 5.16. The second-order valence-electron chi connectivity index (χ2n) is 7.10. The molecule has 146 valence electrons. The molecule has 2 aliphatic rings. The fourth-order valence-electron chi connectivity index (χ4n) is 3.63. The summed E-state index contributed by atoms with van der Waals surface area (Å²) in [6.07, 6.45) is 2.09. The second kappa shape index (κ2) is 8.88. The van der Waals surface area contributed by atoms with Gasteiger partial charge in [-0.1, -0.05) is 12.1 Å². The monoisotopic (exact) mass is 373 g/mol. The van der Waals surface area contributed by atoms with Crippen LogP contribution >= 0.6 is 0 Å². The van der Waals surface area contributed by atoms with E-state index in [1.165, 1.54) is 0 Å². The summed E-state index contributed by atoms with van der Waals surface area (Å²) in [5, 5.41) is 2.79. The van der Waals surface area contributed by atoms with Gasteiger partial charge in [0, 0.05) is 45.6 Å². The fourth-order valence-corrected chi connectivity index (χ4v) is 3.63. The molecule has 27 heavy (non-hydrogen) atoms. The molecule has 1 atom stereocenters. The number of likely N-dealkylation sites (tertiary alicyclic amines) is 1. The number of piperidine rings is 1. The van der Waals surface area contributed by atoms with Crippen molar-refractivity contribution in [3.63, 3.8) is 0 Å². The molecule has 1 unspecified atom stereocenters. The first-order valence-electron chi connectivity index (χ1n) is 9.53. The van der Waals surface area contributed by atoms with E-state index < -0.39 is 0 Å². The van der Waals surface area contributed by atoms with E-state index in [4.69, 9.17) is 4.74 Å². The molecule has 2 saturated heterocycles. The third kappa shape index (κ3) is 4.99. The Balaban J connectivity index is 1.55. The van der Waals surface area contributed by atoms with Crippen LogP contribution < -0.4 is 10.1 Å². The second-order valence-corrected chi connectivity index (χ2v) is 7.10. The lowest BCUT2D eigenvalue weighted by Gasteiger charge is -2.34. The van der Waals surface area contributed by atoms with Crippen LogP contribution in [0.3, 0.4) is 0 Å². The molecule has 0 saturated carbocycles. The maximum atomic E-state index is 12.8. The first kappa shape index (κ1) is 19.2. The van der Waals surface area contributed by atoms with Crippen molar-refractivity contribution in [3.8, 4) is 5.75 Å². The lowest BCUT2D eigenvalue weighted by atomic mass is 9.95. The van der Waals surface area contributed by atoms with Crippen LogP contribution in [0.25, 0.3) is 0 Å². The van der Waals surface area contributed by atoms with Gasteiger partial charge in [-0.3, -0.25) is 14.4 Å². The Labute approximate surface area is 159 Å². The van der Waals surface area contributed by atoms with Crippen molar-refractivity contribution in [3.05, 3.63) is 29.8 Å². The van der Waals surface area contributed by atoms with E-state index >= 15 is 0 Å². The summed E-state index contributed by atoms with van der Waals surface area (Å²) in [5.41, 5.74) is 1.13. The normalized spacial score (nSPS) is 20.9. The number of ether oxygens (including phenoxy) is 1. The number of hydrogen-bond acceptors (Lipinski definition) is 4. The van der Waals surface area contributed by atoms with Crippen LogP contribution in [-0.4, -0.2) is 67.4 Å². The van der Waals surface area contributed by atoms with Crippen LogP contribution in [0, 0.1) is 5.92 Å². The summed E-state index contributed by atoms with van der Waals surface area (Å²) in [7, 11) is 1.63. The molecule has 0 spiro atoms. The van der Waals surface area contributed by atoms with Gasteiger partial charge in [0.1, 0.15) is 5.75 Å². The molecule has 2 aliphatic heterocycles. The number of benzene rings is 1. The Morgan fingerprint density at radius 3 is 2.70 bits per heavy atom. The van der Waals surface area contributed by atoms with E-state index in [2.05, 4.69) is 5.32 Å². The van der Waals surface area contributed by atoms with E-state index in [0.29, 0.717) is 52.0 Å². The number of nitrogens with zero attached hydrogens (tertiary/aromatic N) is 2. The van der Waals surface area contributed by atoms with Crippen molar-refractivity contribution in [2.75, 3.05) is 39.8 Å². The first-order chi connectivity index (χ1) is 13.1. The zero-order valence-electron chi connectivity index (χ0n) is 15.8. The largest absolute Gasteiger partial charge is 0.497 e. The van der Waals surface area contributed by atoms with E-state index in [-0.39, 0.29) is 23.6 Å². The highest BCUT2D eigenvalue weighted by Gasteiger charge is 2.33. The number of nitrogens with one attached hydrogen (secondary N) is 1. The van der Waals surface area contributed by atoms with Gasteiger partial charge in [-0.05, 0) is 30.5 Å². The van der Waals surface area contributed by atoms with Gasteiger partial charge in [0.05, 0.1) is 13.0 Å². The van der Waals surface area contributed by atoms with E-state index in [9.17, 15) is 14.4 Å². The lowest BCUT2D eigenvalue weighted by Crippen LogP contribution is -2.48. The summed E-state index contributed by atoms with van der Waals surface area (Å²) >= 11 is 0. The smallest absolute Gasteiger partial charge is 0.227 e. The molecule has 2 fully saturated rings. The van der Waals surface area contributed by atoms with Gasteiger partial charge in [0.2, 0.25) is 17.7 Å². The van der Waals surface area contributed by atoms with Crippen molar-refractivity contribution >= 4 is 17.7 Å². The minimum absolute atomic E-state index is 0.00904. The Kier molecular flexibility index (Phi) is 6.32. The number of methoxy groups -OCH3 is 1. The van der Waals surface area contributed by atoms with Crippen LogP contribution in [0.1, 0.15) is 24.8 Å². The molecule has 0 radical (unpaired) electrons. The average Bonchev–Trinajstić information content (AvgIpc) is 2.91. The lowest BCUT2D eigenvalue weighted by molar-refractivity contribution is -0.142. The fraction of sp³-hybridized carbons (Fsp3) is 0.550. The molecule has 0 bridgehead atoms. The zero-order valence-corrected chi connectivity index (χ0v) is 15.8. The third-order valence-corrected chi connectivity index (χ3v) is 5.30. The minimum atomic E-state index is -0.174. The number of amides is 3. The van der Waals surface area contributed by atoms with Crippen LogP contribution in [0.15, 0.2) is 24.3 Å². The summed E-state index contributed by atoms with van der Waals surface area (Å²) in [5.74, 6) is 0.801. The van der Waals surface area contributed by atoms with Crippen molar-refractivity contribution in [2.45, 2.75) is 25.7 Å². The number of rotatable bonds is 5. The standard InChI is InChI=1S/C20H27N3O4/c1-27-17-5-2-15(3-6-17)8-11-23-14-16(4-7-19(23)25)20(26)22-12-9-18(24)21-10-13-22/h2-3,5-6,16H,4,7-14H2,1H3,(H,21,24). The highest BCUT2D eigenvalue weighted by Crippen LogP contribution is 2.21. The molecule has 3 amide bonds. The highest BCUT2D eigenvalue weighted by atomic mass is 16.5. The molecule has 0 aromatic heterocycles. The van der Waals surface area contributed by atoms with Crippen molar-refractivity contribution in [1.29, 1.82) is 0 Å². The number of hydrogen-bond donors (Lipinski definition) is 1. The van der Waals surface area contributed by atoms with Crippen LogP contribution in [0.5, 0.6) is 5.75 Å². The van der Waals surface area contributed by atoms with Gasteiger partial charge in [-0.2, -0.15) is 0 Å². The summed E-state index contributed by atoms with van der Waals surface area (Å²) in [6.45, 7) is 2.57. The Hall–Kier alpha value is -2.57. The topological polar surface area (TPSA) is 79.0 Å². The van der Waals surface area contributed by atoms with Gasteiger partial charge in [-0.25, -0.2) is 0 Å². The van der Waals surface area contributed by atoms with Crippen molar-refractivity contribution < 1.29 is 19.1 Å². The van der Waals surface area contributed by atoms with Gasteiger partial charge in [0.15, 0.2) is 0 Å². The van der Waals surface area contributed by atoms with Gasteiger partial charge in [-0.15, -0.1) is 0 Å². The number of carbonyl (C=O) groups excluding carboxylic acids is 3. The van der Waals surface area contributed by atoms with Crippen LogP contribution in [-0.2, 0) is 20.8 Å². The van der Waals surface area contributed by atoms with E-state index in [1.807, 2.05) is 24.3 Å². The molecular weight excluding hydrogens is 346 g/mol. The molecule has 2 heterocycles. The average molecular weight is 373 g/mol. The predicted molar refractivity (Wildman–Crippen MR) is 100 cm³/mol. The molecule has 1 aromatic rings. The maximum Gasteiger partial charge on any atom is 0.227 e. The van der Waals surface area contributed by atoms with Crippen LogP contribution in [0.2, 0.25) is 0 Å². The quantitative estimate of drug-likeness (QED) is 0.829. The Morgan fingerprint density at radius 2 is 1.96 bits per heavy atom. The molecule has 7 nitrogen and oxygen atoms in total. The number of carbonyl (C=O) groups is 3. The summed E-state index contributed by atoms with van der Waals surface area (Å²) in [4.78, 5) is 40.2. The zero-order chi connectivity index (χ0) is 19.2.